The second-order valence-corrected chi connectivity index (χ2v) is 26.2. The molecule has 5 heteroatoms. The molecule has 0 aromatic rings. The third-order valence-electron chi connectivity index (χ3n) is 1.10. The van der Waals surface area contributed by atoms with Crippen molar-refractivity contribution in [2.45, 2.75) is 19.4 Å². The van der Waals surface area contributed by atoms with Crippen molar-refractivity contribution >= 4 is 49.8 Å². The number of rotatable bonds is 6. The normalized spacial score (nSPS) is 11.7. The van der Waals surface area contributed by atoms with Gasteiger partial charge in [-0.3, -0.25) is 0 Å². The Bertz CT molecular complexity index is 144. The van der Waals surface area contributed by atoms with Crippen molar-refractivity contribution < 1.29 is 4.74 Å². The minimum absolute atomic E-state index is 0.682. The third kappa shape index (κ3) is 11.4. The van der Waals surface area contributed by atoms with Gasteiger partial charge in [-0.1, -0.05) is 58.0 Å². The van der Waals surface area contributed by atoms with Gasteiger partial charge in [0.15, 0.2) is 0 Å². The van der Waals surface area contributed by atoms with Crippen molar-refractivity contribution in [1.82, 2.24) is 0 Å². The summed E-state index contributed by atoms with van der Waals surface area (Å²) in [4.78, 5) is 0. The average molecular weight is 381 g/mol. The maximum atomic E-state index is 5.35. The topological polar surface area (TPSA) is 9.23 Å². The van der Waals surface area contributed by atoms with E-state index in [9.17, 15) is 0 Å². The SMILES string of the molecule is C=C(C)COCCC[Si](Br)(Br)Br. The van der Waals surface area contributed by atoms with Gasteiger partial charge in [-0.25, -0.2) is 0 Å². The van der Waals surface area contributed by atoms with Gasteiger partial charge >= 0.3 is 0 Å². The molecular weight excluding hydrogens is 368 g/mol. The fourth-order valence-corrected chi connectivity index (χ4v) is 3.69. The van der Waals surface area contributed by atoms with E-state index in [0.717, 1.165) is 24.6 Å². The molecule has 0 N–H and O–H groups in total. The standard InChI is InChI=1S/C7H13Br3OSi/c1-7(2)6-11-4-3-5-12(8,9)10/h1,3-6H2,2H3. The fraction of sp³-hybridized carbons (Fsp3) is 0.714. The highest BCUT2D eigenvalue weighted by molar-refractivity contribution is 9.72. The van der Waals surface area contributed by atoms with Crippen molar-refractivity contribution in [2.75, 3.05) is 13.2 Å². The van der Waals surface area contributed by atoms with Crippen molar-refractivity contribution in [1.29, 1.82) is 0 Å². The third-order valence-corrected chi connectivity index (χ3v) is 5.59. The molecular formula is C7H13Br3OSi. The average Bonchev–Trinajstić information content (AvgIpc) is 1.83. The van der Waals surface area contributed by atoms with Crippen LogP contribution in [0.25, 0.3) is 0 Å². The Morgan fingerprint density at radius 3 is 2.42 bits per heavy atom. The van der Waals surface area contributed by atoms with Gasteiger partial charge in [-0.15, -0.1) is 0 Å². The Labute approximate surface area is 98.7 Å². The van der Waals surface area contributed by atoms with Crippen LogP contribution in [0.4, 0.5) is 0 Å². The zero-order valence-electron chi connectivity index (χ0n) is 7.08. The van der Waals surface area contributed by atoms with Crippen LogP contribution in [0, 0.1) is 0 Å². The molecule has 0 spiro atoms. The van der Waals surface area contributed by atoms with Crippen LogP contribution in [0.2, 0.25) is 6.04 Å². The van der Waals surface area contributed by atoms with Gasteiger partial charge in [0.2, 0.25) is 0 Å². The van der Waals surface area contributed by atoms with Gasteiger partial charge in [-0.2, -0.15) is 0 Å². The second kappa shape index (κ2) is 6.76. The van der Waals surface area contributed by atoms with Gasteiger partial charge in [0.05, 0.1) is 6.61 Å². The number of ether oxygens (including phenoxy) is 1. The van der Waals surface area contributed by atoms with E-state index in [4.69, 9.17) is 4.74 Å². The molecule has 72 valence electrons. The minimum Gasteiger partial charge on any atom is -0.377 e. The molecule has 0 aromatic carbocycles. The fourth-order valence-electron chi connectivity index (χ4n) is 0.621. The van der Waals surface area contributed by atoms with Crippen molar-refractivity contribution in [2.24, 2.45) is 0 Å². The summed E-state index contributed by atoms with van der Waals surface area (Å²) < 4.78 is 3.95. The molecule has 0 saturated heterocycles. The highest BCUT2D eigenvalue weighted by atomic mass is 80.0. The molecule has 0 aromatic heterocycles. The first-order valence-electron chi connectivity index (χ1n) is 3.70. The lowest BCUT2D eigenvalue weighted by atomic mass is 10.4. The smallest absolute Gasteiger partial charge is 0.267 e. The zero-order valence-corrected chi connectivity index (χ0v) is 12.8. The summed E-state index contributed by atoms with van der Waals surface area (Å²) in [6.45, 7) is 7.22. The van der Waals surface area contributed by atoms with Crippen LogP contribution < -0.4 is 0 Å². The van der Waals surface area contributed by atoms with Gasteiger partial charge in [0, 0.05) is 6.61 Å². The monoisotopic (exact) mass is 378 g/mol. The van der Waals surface area contributed by atoms with Gasteiger partial charge in [-0.05, 0) is 19.4 Å². The summed E-state index contributed by atoms with van der Waals surface area (Å²) in [5.41, 5.74) is 1.08. The van der Waals surface area contributed by atoms with Crippen molar-refractivity contribution in [3.63, 3.8) is 0 Å². The zero-order chi connectivity index (χ0) is 9.61. The Hall–Kier alpha value is 1.36. The van der Waals surface area contributed by atoms with Gasteiger partial charge in [0.1, 0.15) is 0 Å². The molecule has 0 heterocycles. The molecule has 0 aliphatic rings. The lowest BCUT2D eigenvalue weighted by Gasteiger charge is -2.08. The van der Waals surface area contributed by atoms with E-state index >= 15 is 0 Å². The largest absolute Gasteiger partial charge is 0.377 e. The Balaban J connectivity index is 3.17. The summed E-state index contributed by atoms with van der Waals surface area (Å²) in [5, 5.41) is 0. The summed E-state index contributed by atoms with van der Waals surface area (Å²) in [6, 6.07) is 1.11. The molecule has 0 amide bonds. The summed E-state index contributed by atoms with van der Waals surface area (Å²) in [7, 11) is 0. The highest BCUT2D eigenvalue weighted by Crippen LogP contribution is 2.32. The van der Waals surface area contributed by atoms with Gasteiger partial charge in [0.25, 0.3) is 3.93 Å². The Morgan fingerprint density at radius 1 is 1.42 bits per heavy atom. The predicted molar refractivity (Wildman–Crippen MR) is 67.6 cm³/mol. The maximum absolute atomic E-state index is 5.35. The van der Waals surface area contributed by atoms with Crippen molar-refractivity contribution in [3.8, 4) is 0 Å². The summed E-state index contributed by atoms with van der Waals surface area (Å²) in [5.74, 6) is 0. The number of halogens is 3. The molecule has 0 atom stereocenters. The van der Waals surface area contributed by atoms with Gasteiger partial charge < -0.3 is 4.74 Å². The molecule has 12 heavy (non-hydrogen) atoms. The van der Waals surface area contributed by atoms with E-state index in [-0.39, 0.29) is 0 Å². The first-order valence-corrected chi connectivity index (χ1v) is 12.7. The first-order chi connectivity index (χ1) is 5.42. The second-order valence-electron chi connectivity index (χ2n) is 2.73. The molecule has 0 bridgehead atoms. The Morgan fingerprint density at radius 2 is 2.00 bits per heavy atom. The summed E-state index contributed by atoms with van der Waals surface area (Å²) >= 11 is 10.7. The van der Waals surface area contributed by atoms with Crippen LogP contribution in [0.15, 0.2) is 12.2 Å². The number of hydrogen-bond acceptors (Lipinski definition) is 1. The first kappa shape index (κ1) is 13.4. The number of hydrogen-bond donors (Lipinski definition) is 0. The molecule has 0 unspecified atom stereocenters. The van der Waals surface area contributed by atoms with E-state index in [1.165, 1.54) is 0 Å². The molecule has 0 saturated carbocycles. The summed E-state index contributed by atoms with van der Waals surface area (Å²) in [6.07, 6.45) is 1.07. The lowest BCUT2D eigenvalue weighted by Crippen LogP contribution is -2.08. The van der Waals surface area contributed by atoms with E-state index in [2.05, 4.69) is 52.5 Å². The van der Waals surface area contributed by atoms with Crippen LogP contribution in [-0.4, -0.2) is 17.1 Å². The van der Waals surface area contributed by atoms with E-state index in [1.807, 2.05) is 6.92 Å². The maximum Gasteiger partial charge on any atom is 0.267 e. The highest BCUT2D eigenvalue weighted by Gasteiger charge is 2.20. The predicted octanol–water partition coefficient (Wildman–Crippen LogP) is 4.09. The molecule has 0 aliphatic carbocycles. The molecule has 0 fully saturated rings. The quantitative estimate of drug-likeness (QED) is 0.292. The molecule has 0 radical (unpaired) electrons. The Kier molecular flexibility index (Phi) is 7.52. The van der Waals surface area contributed by atoms with E-state index < -0.39 is 3.93 Å². The van der Waals surface area contributed by atoms with Crippen LogP contribution in [-0.2, 0) is 4.74 Å². The van der Waals surface area contributed by atoms with Crippen LogP contribution in [0.5, 0.6) is 0 Å². The van der Waals surface area contributed by atoms with Crippen LogP contribution in [0.3, 0.4) is 0 Å². The lowest BCUT2D eigenvalue weighted by molar-refractivity contribution is 0.157. The van der Waals surface area contributed by atoms with E-state index in [0.29, 0.717) is 6.61 Å². The molecule has 0 rings (SSSR count). The minimum atomic E-state index is -1.40. The molecule has 0 aliphatic heterocycles. The van der Waals surface area contributed by atoms with Crippen LogP contribution >= 0.6 is 45.9 Å². The van der Waals surface area contributed by atoms with E-state index in [1.54, 1.807) is 0 Å². The molecule has 1 nitrogen and oxygen atoms in total. The van der Waals surface area contributed by atoms with Crippen molar-refractivity contribution in [3.05, 3.63) is 12.2 Å². The van der Waals surface area contributed by atoms with Crippen LogP contribution in [0.1, 0.15) is 13.3 Å².